The monoisotopic (exact) mass is 264 g/mol. The lowest BCUT2D eigenvalue weighted by atomic mass is 10.1. The predicted molar refractivity (Wildman–Crippen MR) is 69.6 cm³/mol. The molecule has 1 atom stereocenters. The molecule has 0 saturated carbocycles. The fraction of sp³-hybridized carbons (Fsp3) is 0.385. The van der Waals surface area contributed by atoms with Gasteiger partial charge < -0.3 is 10.1 Å². The van der Waals surface area contributed by atoms with E-state index in [0.29, 0.717) is 18.0 Å². The summed E-state index contributed by atoms with van der Waals surface area (Å²) in [6.45, 7) is 2.64. The number of nitrogens with one attached hydrogen (secondary N) is 1. The molecule has 0 radical (unpaired) electrons. The van der Waals surface area contributed by atoms with Crippen molar-refractivity contribution in [2.24, 2.45) is 0 Å². The first-order chi connectivity index (χ1) is 9.22. The Labute approximate surface area is 111 Å². The van der Waals surface area contributed by atoms with Gasteiger partial charge in [0, 0.05) is 12.7 Å². The summed E-state index contributed by atoms with van der Waals surface area (Å²) in [5.41, 5.74) is 1.10. The van der Waals surface area contributed by atoms with Gasteiger partial charge in [0.15, 0.2) is 5.75 Å². The number of ether oxygens (including phenoxy) is 1. The maximum Gasteiger partial charge on any atom is 0.161 e. The Morgan fingerprint density at radius 3 is 2.89 bits per heavy atom. The van der Waals surface area contributed by atoms with Crippen molar-refractivity contribution in [3.63, 3.8) is 0 Å². The van der Waals surface area contributed by atoms with Gasteiger partial charge in [-0.2, -0.15) is 5.10 Å². The molecule has 2 rings (SSSR count). The molecule has 0 saturated heterocycles. The highest BCUT2D eigenvalue weighted by Gasteiger charge is 2.25. The van der Waals surface area contributed by atoms with Crippen molar-refractivity contribution in [1.82, 2.24) is 20.1 Å². The summed E-state index contributed by atoms with van der Waals surface area (Å²) in [5, 5.41) is 7.30. The van der Waals surface area contributed by atoms with Gasteiger partial charge in [0.25, 0.3) is 0 Å². The van der Waals surface area contributed by atoms with Crippen molar-refractivity contribution in [1.29, 1.82) is 0 Å². The van der Waals surface area contributed by atoms with Crippen molar-refractivity contribution < 1.29 is 9.13 Å². The molecular formula is C13H17FN4O. The minimum absolute atomic E-state index is 0.332. The van der Waals surface area contributed by atoms with E-state index in [-0.39, 0.29) is 5.82 Å². The van der Waals surface area contributed by atoms with Crippen molar-refractivity contribution in [3.8, 4) is 5.75 Å². The van der Waals surface area contributed by atoms with Crippen LogP contribution in [0.4, 0.5) is 4.39 Å². The Morgan fingerprint density at radius 1 is 1.53 bits per heavy atom. The third-order valence-electron chi connectivity index (χ3n) is 2.99. The van der Waals surface area contributed by atoms with E-state index < -0.39 is 6.04 Å². The average molecular weight is 264 g/mol. The zero-order valence-electron chi connectivity index (χ0n) is 11.2. The van der Waals surface area contributed by atoms with Gasteiger partial charge in [0.2, 0.25) is 0 Å². The van der Waals surface area contributed by atoms with Gasteiger partial charge in [-0.05, 0) is 26.1 Å². The molecule has 0 aromatic carbocycles. The van der Waals surface area contributed by atoms with Crippen LogP contribution in [-0.4, -0.2) is 28.9 Å². The standard InChI is InChI=1S/C13H17FN4O/c1-4-18-13(10(19-3)8-17-18)12(15-2)11-9(14)6-5-7-16-11/h5-8,12,15H,4H2,1-3H3. The van der Waals surface area contributed by atoms with Crippen molar-refractivity contribution >= 4 is 0 Å². The minimum Gasteiger partial charge on any atom is -0.493 e. The Morgan fingerprint density at radius 2 is 2.32 bits per heavy atom. The number of hydrogen-bond acceptors (Lipinski definition) is 4. The molecule has 102 valence electrons. The van der Waals surface area contributed by atoms with E-state index in [9.17, 15) is 4.39 Å². The quantitative estimate of drug-likeness (QED) is 0.894. The van der Waals surface area contributed by atoms with Crippen LogP contribution in [0.1, 0.15) is 24.4 Å². The number of rotatable bonds is 5. The molecule has 2 heterocycles. The zero-order chi connectivity index (χ0) is 13.8. The highest BCUT2D eigenvalue weighted by atomic mass is 19.1. The normalized spacial score (nSPS) is 12.4. The number of hydrogen-bond donors (Lipinski definition) is 1. The van der Waals surface area contributed by atoms with E-state index in [0.717, 1.165) is 5.69 Å². The molecule has 0 bridgehead atoms. The van der Waals surface area contributed by atoms with Crippen LogP contribution in [0.25, 0.3) is 0 Å². The molecule has 1 N–H and O–H groups in total. The molecule has 0 amide bonds. The average Bonchev–Trinajstić information content (AvgIpc) is 2.85. The zero-order valence-corrected chi connectivity index (χ0v) is 11.2. The number of aryl methyl sites for hydroxylation is 1. The summed E-state index contributed by atoms with van der Waals surface area (Å²) in [6, 6.07) is 2.56. The molecule has 2 aromatic heterocycles. The van der Waals surface area contributed by atoms with Crippen LogP contribution in [0.15, 0.2) is 24.5 Å². The van der Waals surface area contributed by atoms with Crippen LogP contribution < -0.4 is 10.1 Å². The summed E-state index contributed by atoms with van der Waals surface area (Å²) in [7, 11) is 3.33. The van der Waals surface area contributed by atoms with Crippen LogP contribution in [-0.2, 0) is 6.54 Å². The van der Waals surface area contributed by atoms with Gasteiger partial charge in [0.05, 0.1) is 25.0 Å². The lowest BCUT2D eigenvalue weighted by Crippen LogP contribution is -2.24. The molecule has 0 aliphatic rings. The van der Waals surface area contributed by atoms with E-state index in [4.69, 9.17) is 4.74 Å². The lowest BCUT2D eigenvalue weighted by Gasteiger charge is -2.18. The number of nitrogens with zero attached hydrogens (tertiary/aromatic N) is 3. The van der Waals surface area contributed by atoms with Crippen molar-refractivity contribution in [2.45, 2.75) is 19.5 Å². The highest BCUT2D eigenvalue weighted by Crippen LogP contribution is 2.29. The Bertz CT molecular complexity index is 534. The molecule has 0 aliphatic carbocycles. The third-order valence-corrected chi connectivity index (χ3v) is 2.99. The minimum atomic E-state index is -0.404. The second-order valence-corrected chi connectivity index (χ2v) is 4.01. The van der Waals surface area contributed by atoms with Crippen molar-refractivity contribution in [3.05, 3.63) is 41.7 Å². The molecule has 6 heteroatoms. The first-order valence-electron chi connectivity index (χ1n) is 6.10. The lowest BCUT2D eigenvalue weighted by molar-refractivity contribution is 0.399. The van der Waals surface area contributed by atoms with Crippen LogP contribution in [0.3, 0.4) is 0 Å². The first-order valence-corrected chi connectivity index (χ1v) is 6.10. The Hall–Kier alpha value is -1.95. The molecule has 0 spiro atoms. The maximum absolute atomic E-state index is 13.9. The number of aromatic nitrogens is 3. The van der Waals surface area contributed by atoms with Crippen LogP contribution in [0, 0.1) is 5.82 Å². The van der Waals surface area contributed by atoms with E-state index >= 15 is 0 Å². The largest absolute Gasteiger partial charge is 0.493 e. The maximum atomic E-state index is 13.9. The van der Waals surface area contributed by atoms with Gasteiger partial charge in [-0.1, -0.05) is 0 Å². The summed E-state index contributed by atoms with van der Waals surface area (Å²) >= 11 is 0. The van der Waals surface area contributed by atoms with Crippen molar-refractivity contribution in [2.75, 3.05) is 14.2 Å². The summed E-state index contributed by atoms with van der Waals surface area (Å²) < 4.78 is 21.0. The molecule has 1 unspecified atom stereocenters. The number of halogens is 1. The van der Waals surface area contributed by atoms with Crippen LogP contribution in [0.2, 0.25) is 0 Å². The smallest absolute Gasteiger partial charge is 0.161 e. The Balaban J connectivity index is 2.54. The summed E-state index contributed by atoms with van der Waals surface area (Å²) in [6.07, 6.45) is 3.20. The second kappa shape index (κ2) is 5.79. The SMILES string of the molecule is CCn1ncc(OC)c1C(NC)c1ncccc1F. The van der Waals surface area contributed by atoms with Crippen LogP contribution >= 0.6 is 0 Å². The van der Waals surface area contributed by atoms with Gasteiger partial charge in [-0.15, -0.1) is 0 Å². The van der Waals surface area contributed by atoms with E-state index in [1.807, 2.05) is 6.92 Å². The fourth-order valence-corrected chi connectivity index (χ4v) is 2.09. The van der Waals surface area contributed by atoms with E-state index in [1.165, 1.54) is 6.07 Å². The molecule has 19 heavy (non-hydrogen) atoms. The highest BCUT2D eigenvalue weighted by molar-refractivity contribution is 5.34. The van der Waals surface area contributed by atoms with Gasteiger partial charge in [-0.25, -0.2) is 4.39 Å². The van der Waals surface area contributed by atoms with Gasteiger partial charge in [-0.3, -0.25) is 9.67 Å². The molecule has 0 fully saturated rings. The van der Waals surface area contributed by atoms with Crippen LogP contribution in [0.5, 0.6) is 5.75 Å². The van der Waals surface area contributed by atoms with Gasteiger partial charge in [0.1, 0.15) is 11.5 Å². The molecule has 2 aromatic rings. The summed E-state index contributed by atoms with van der Waals surface area (Å²) in [4.78, 5) is 4.12. The predicted octanol–water partition coefficient (Wildman–Crippen LogP) is 1.75. The van der Waals surface area contributed by atoms with E-state index in [1.54, 1.807) is 37.3 Å². The summed E-state index contributed by atoms with van der Waals surface area (Å²) in [5.74, 6) is 0.263. The van der Waals surface area contributed by atoms with E-state index in [2.05, 4.69) is 15.4 Å². The topological polar surface area (TPSA) is 52.0 Å². The first kappa shape index (κ1) is 13.5. The number of pyridine rings is 1. The Kier molecular flexibility index (Phi) is 4.11. The second-order valence-electron chi connectivity index (χ2n) is 4.01. The molecular weight excluding hydrogens is 247 g/mol. The van der Waals surface area contributed by atoms with Gasteiger partial charge >= 0.3 is 0 Å². The third kappa shape index (κ3) is 2.44. The molecule has 0 aliphatic heterocycles. The number of methoxy groups -OCH3 is 1. The fourth-order valence-electron chi connectivity index (χ4n) is 2.09. The molecule has 5 nitrogen and oxygen atoms in total.